The molecular formula is C6H12O8P+. The molecule has 5 atom stereocenters. The molecule has 0 aromatic heterocycles. The lowest BCUT2D eigenvalue weighted by atomic mass is 10.0. The highest BCUT2D eigenvalue weighted by atomic mass is 31.1. The van der Waals surface area contributed by atoms with Crippen molar-refractivity contribution in [2.45, 2.75) is 24.4 Å². The van der Waals surface area contributed by atoms with Crippen LogP contribution in [-0.4, -0.2) is 62.6 Å². The number of hydrogen-bond donors (Lipinski definition) is 5. The number of aliphatic hydroxyl groups excluding tert-OH is 4. The largest absolute Gasteiger partial charge is 0.694 e. The number of aldehydes is 1. The van der Waals surface area contributed by atoms with Crippen molar-refractivity contribution in [3.8, 4) is 0 Å². The average molecular weight is 243 g/mol. The van der Waals surface area contributed by atoms with E-state index in [0.29, 0.717) is 0 Å². The fourth-order valence-corrected chi connectivity index (χ4v) is 1.03. The molecule has 0 aromatic rings. The van der Waals surface area contributed by atoms with Crippen molar-refractivity contribution in [2.75, 3.05) is 6.61 Å². The van der Waals surface area contributed by atoms with Gasteiger partial charge < -0.3 is 25.2 Å². The Hall–Kier alpha value is -0.470. The number of aliphatic hydroxyl groups is 4. The number of hydrogen-bond acceptors (Lipinski definition) is 7. The smallest absolute Gasteiger partial charge is 0.388 e. The summed E-state index contributed by atoms with van der Waals surface area (Å²) in [6, 6.07) is 0. The molecule has 8 nitrogen and oxygen atoms in total. The topological polar surface area (TPSA) is 145 Å². The second kappa shape index (κ2) is 6.91. The first-order valence-corrected chi connectivity index (χ1v) is 4.99. The molecule has 0 bridgehead atoms. The van der Waals surface area contributed by atoms with Crippen LogP contribution in [0.3, 0.4) is 0 Å². The molecule has 0 fully saturated rings. The van der Waals surface area contributed by atoms with Gasteiger partial charge in [-0.2, -0.15) is 0 Å². The molecule has 0 saturated carbocycles. The molecule has 88 valence electrons. The summed E-state index contributed by atoms with van der Waals surface area (Å²) in [7, 11) is -2.93. The summed E-state index contributed by atoms with van der Waals surface area (Å²) in [5.74, 6) is 0. The predicted molar refractivity (Wildman–Crippen MR) is 45.9 cm³/mol. The van der Waals surface area contributed by atoms with Crippen LogP contribution in [0.2, 0.25) is 0 Å². The van der Waals surface area contributed by atoms with Crippen molar-refractivity contribution >= 4 is 14.5 Å². The second-order valence-corrected chi connectivity index (χ2v) is 3.44. The molecule has 9 heteroatoms. The SMILES string of the molecule is O=C[C@H](O)[C@@H](O)[C@H](O)[C@H](O)CO[P+](=O)O. The van der Waals surface area contributed by atoms with Crippen LogP contribution < -0.4 is 0 Å². The average Bonchev–Trinajstić information content (AvgIpc) is 2.22. The fraction of sp³-hybridized carbons (Fsp3) is 0.833. The van der Waals surface area contributed by atoms with Gasteiger partial charge in [0.1, 0.15) is 31.0 Å². The van der Waals surface area contributed by atoms with E-state index in [9.17, 15) is 9.36 Å². The zero-order chi connectivity index (χ0) is 12.0. The van der Waals surface area contributed by atoms with Crippen LogP contribution in [0.4, 0.5) is 0 Å². The zero-order valence-electron chi connectivity index (χ0n) is 7.50. The monoisotopic (exact) mass is 243 g/mol. The van der Waals surface area contributed by atoms with Crippen LogP contribution in [0, 0.1) is 0 Å². The Morgan fingerprint density at radius 1 is 1.20 bits per heavy atom. The van der Waals surface area contributed by atoms with Gasteiger partial charge in [0.05, 0.1) is 0 Å². The molecule has 15 heavy (non-hydrogen) atoms. The van der Waals surface area contributed by atoms with Crippen LogP contribution in [0.5, 0.6) is 0 Å². The maximum Gasteiger partial charge on any atom is 0.694 e. The Balaban J connectivity index is 4.11. The van der Waals surface area contributed by atoms with E-state index in [1.807, 2.05) is 0 Å². The Morgan fingerprint density at radius 2 is 1.73 bits per heavy atom. The van der Waals surface area contributed by atoms with Gasteiger partial charge in [0.15, 0.2) is 6.29 Å². The van der Waals surface area contributed by atoms with Crippen molar-refractivity contribution in [3.63, 3.8) is 0 Å². The van der Waals surface area contributed by atoms with Gasteiger partial charge in [-0.25, -0.2) is 0 Å². The van der Waals surface area contributed by atoms with Crippen LogP contribution in [0.15, 0.2) is 0 Å². The Kier molecular flexibility index (Phi) is 6.70. The van der Waals surface area contributed by atoms with E-state index in [1.165, 1.54) is 0 Å². The van der Waals surface area contributed by atoms with Crippen LogP contribution in [0.25, 0.3) is 0 Å². The van der Waals surface area contributed by atoms with Crippen molar-refractivity contribution in [2.24, 2.45) is 0 Å². The van der Waals surface area contributed by atoms with Gasteiger partial charge in [-0.3, -0.25) is 0 Å². The van der Waals surface area contributed by atoms with E-state index in [0.717, 1.165) is 0 Å². The second-order valence-electron chi connectivity index (χ2n) is 2.71. The lowest BCUT2D eigenvalue weighted by Crippen LogP contribution is -2.46. The third kappa shape index (κ3) is 5.24. The van der Waals surface area contributed by atoms with Crippen molar-refractivity contribution in [1.82, 2.24) is 0 Å². The molecule has 0 saturated heterocycles. The Morgan fingerprint density at radius 3 is 2.13 bits per heavy atom. The van der Waals surface area contributed by atoms with Crippen molar-refractivity contribution in [3.05, 3.63) is 0 Å². The molecule has 0 aliphatic rings. The van der Waals surface area contributed by atoms with Crippen LogP contribution in [0.1, 0.15) is 0 Å². The summed E-state index contributed by atoms with van der Waals surface area (Å²) < 4.78 is 14.1. The van der Waals surface area contributed by atoms with Gasteiger partial charge in [0.2, 0.25) is 0 Å². The summed E-state index contributed by atoms with van der Waals surface area (Å²) in [6.45, 7) is -0.713. The third-order valence-corrected chi connectivity index (χ3v) is 1.96. The van der Waals surface area contributed by atoms with Crippen LogP contribution >= 0.6 is 8.25 Å². The van der Waals surface area contributed by atoms with Gasteiger partial charge in [-0.15, -0.1) is 9.42 Å². The summed E-state index contributed by atoms with van der Waals surface area (Å²) in [4.78, 5) is 18.2. The van der Waals surface area contributed by atoms with Crippen molar-refractivity contribution in [1.29, 1.82) is 0 Å². The Labute approximate surface area is 85.7 Å². The van der Waals surface area contributed by atoms with Gasteiger partial charge in [-0.1, -0.05) is 0 Å². The standard InChI is InChI=1S/C6H11O8P/c7-1-3(8)5(10)6(11)4(9)2-14-15(12)13/h1,3-6,8-11H,2H2/p+1/t3-,4+,5+,6+/m0/s1. The maximum atomic E-state index is 10.1. The molecule has 0 aliphatic heterocycles. The van der Waals surface area contributed by atoms with Crippen molar-refractivity contribution < 1.29 is 39.2 Å². The van der Waals surface area contributed by atoms with E-state index in [2.05, 4.69) is 4.52 Å². The molecule has 0 aromatic carbocycles. The lowest BCUT2D eigenvalue weighted by Gasteiger charge is -2.22. The molecule has 0 aliphatic carbocycles. The quantitative estimate of drug-likeness (QED) is 0.240. The van der Waals surface area contributed by atoms with E-state index in [1.54, 1.807) is 0 Å². The lowest BCUT2D eigenvalue weighted by molar-refractivity contribution is -0.135. The summed E-state index contributed by atoms with van der Waals surface area (Å²) in [5, 5.41) is 36.0. The minimum Gasteiger partial charge on any atom is -0.388 e. The molecule has 5 N–H and O–H groups in total. The molecule has 0 rings (SSSR count). The third-order valence-electron chi connectivity index (χ3n) is 1.59. The molecule has 0 radical (unpaired) electrons. The summed E-state index contributed by atoms with van der Waals surface area (Å²) >= 11 is 0. The number of carbonyl (C=O) groups is 1. The zero-order valence-corrected chi connectivity index (χ0v) is 8.40. The highest BCUT2D eigenvalue weighted by Crippen LogP contribution is 2.16. The van der Waals surface area contributed by atoms with Gasteiger partial charge in [0, 0.05) is 4.57 Å². The van der Waals surface area contributed by atoms with E-state index >= 15 is 0 Å². The highest BCUT2D eigenvalue weighted by Gasteiger charge is 2.32. The molecule has 0 heterocycles. The first kappa shape index (κ1) is 14.5. The van der Waals surface area contributed by atoms with E-state index < -0.39 is 39.3 Å². The minimum atomic E-state index is -2.93. The maximum absolute atomic E-state index is 10.1. The minimum absolute atomic E-state index is 0.0198. The summed E-state index contributed by atoms with van der Waals surface area (Å²) in [5.41, 5.74) is 0. The molecule has 0 spiro atoms. The molecular weight excluding hydrogens is 231 g/mol. The normalized spacial score (nSPS) is 20.2. The van der Waals surface area contributed by atoms with Gasteiger partial charge in [0.25, 0.3) is 0 Å². The van der Waals surface area contributed by atoms with E-state index in [4.69, 9.17) is 25.3 Å². The highest BCUT2D eigenvalue weighted by molar-refractivity contribution is 7.32. The molecule has 0 amide bonds. The number of rotatable bonds is 7. The first-order valence-electron chi connectivity index (χ1n) is 3.86. The number of carbonyl (C=O) groups excluding carboxylic acids is 1. The first-order chi connectivity index (χ1) is 6.90. The van der Waals surface area contributed by atoms with E-state index in [-0.39, 0.29) is 6.29 Å². The van der Waals surface area contributed by atoms with Crippen LogP contribution in [-0.2, 0) is 13.9 Å². The summed E-state index contributed by atoms with van der Waals surface area (Å²) in [6.07, 6.45) is -7.32. The van der Waals surface area contributed by atoms with Gasteiger partial charge >= 0.3 is 8.25 Å². The Bertz CT molecular complexity index is 221. The fourth-order valence-electron chi connectivity index (χ4n) is 0.749. The molecule has 1 unspecified atom stereocenters. The predicted octanol–water partition coefficient (Wildman–Crippen LogP) is -2.70. The van der Waals surface area contributed by atoms with Gasteiger partial charge in [-0.05, 0) is 0 Å².